The number of thiophene rings is 1. The summed E-state index contributed by atoms with van der Waals surface area (Å²) in [6.45, 7) is 3.07. The second kappa shape index (κ2) is 5.65. The molecule has 0 fully saturated rings. The first-order valence-electron chi connectivity index (χ1n) is 5.51. The molecule has 0 aliphatic carbocycles. The minimum absolute atomic E-state index is 0.513. The van der Waals surface area contributed by atoms with E-state index in [0.717, 1.165) is 17.8 Å². The summed E-state index contributed by atoms with van der Waals surface area (Å²) >= 11 is 1.61. The lowest BCUT2D eigenvalue weighted by atomic mass is 10.2. The van der Waals surface area contributed by atoms with Gasteiger partial charge in [-0.25, -0.2) is 0 Å². The lowest BCUT2D eigenvalue weighted by molar-refractivity contribution is 0.431. The molecule has 0 spiro atoms. The Labute approximate surface area is 98.7 Å². The van der Waals surface area contributed by atoms with Gasteiger partial charge in [-0.15, -0.1) is 11.3 Å². The Morgan fingerprint density at radius 1 is 1.44 bits per heavy atom. The van der Waals surface area contributed by atoms with E-state index in [1.54, 1.807) is 11.3 Å². The van der Waals surface area contributed by atoms with Crippen LogP contribution in [0.25, 0.3) is 10.7 Å². The Morgan fingerprint density at radius 2 is 2.38 bits per heavy atom. The molecule has 2 aromatic rings. The minimum atomic E-state index is 0.513. The van der Waals surface area contributed by atoms with Crippen LogP contribution in [0.2, 0.25) is 0 Å². The fourth-order valence-electron chi connectivity index (χ4n) is 1.37. The van der Waals surface area contributed by atoms with Gasteiger partial charge < -0.3 is 9.84 Å². The highest BCUT2D eigenvalue weighted by atomic mass is 32.1. The van der Waals surface area contributed by atoms with Gasteiger partial charge in [0.2, 0.25) is 5.82 Å². The van der Waals surface area contributed by atoms with Crippen LogP contribution < -0.4 is 5.32 Å². The van der Waals surface area contributed by atoms with E-state index in [2.05, 4.69) is 22.4 Å². The molecule has 1 N–H and O–H groups in total. The summed E-state index contributed by atoms with van der Waals surface area (Å²) < 4.78 is 5.10. The number of rotatable bonds is 6. The van der Waals surface area contributed by atoms with Gasteiger partial charge in [0, 0.05) is 6.54 Å². The highest BCUT2D eigenvalue weighted by Gasteiger charge is 2.07. The summed E-state index contributed by atoms with van der Waals surface area (Å²) in [4.78, 5) is 5.30. The van der Waals surface area contributed by atoms with Crippen LogP contribution in [0, 0.1) is 0 Å². The van der Waals surface area contributed by atoms with E-state index in [4.69, 9.17) is 4.52 Å². The summed E-state index contributed by atoms with van der Waals surface area (Å²) in [7, 11) is 0. The van der Waals surface area contributed by atoms with Gasteiger partial charge in [0.1, 0.15) is 0 Å². The van der Waals surface area contributed by atoms with Gasteiger partial charge in [-0.05, 0) is 17.9 Å². The van der Waals surface area contributed by atoms with E-state index in [1.807, 2.05) is 17.5 Å². The Kier molecular flexibility index (Phi) is 3.93. The maximum absolute atomic E-state index is 5.10. The van der Waals surface area contributed by atoms with Crippen molar-refractivity contribution in [1.29, 1.82) is 0 Å². The van der Waals surface area contributed by atoms with E-state index >= 15 is 0 Å². The van der Waals surface area contributed by atoms with Crippen molar-refractivity contribution >= 4 is 17.4 Å². The van der Waals surface area contributed by atoms with Crippen LogP contribution >= 0.6 is 11.3 Å². The number of anilines is 1. The van der Waals surface area contributed by atoms with E-state index in [1.165, 1.54) is 12.8 Å². The third kappa shape index (κ3) is 2.82. The lowest BCUT2D eigenvalue weighted by Crippen LogP contribution is -2.01. The molecule has 2 heterocycles. The molecular formula is C11H15N3OS. The molecule has 0 bridgehead atoms. The predicted molar refractivity (Wildman–Crippen MR) is 65.6 cm³/mol. The van der Waals surface area contributed by atoms with Crippen LogP contribution in [-0.2, 0) is 0 Å². The van der Waals surface area contributed by atoms with Gasteiger partial charge in [0.25, 0.3) is 0 Å². The van der Waals surface area contributed by atoms with Crippen molar-refractivity contribution in [3.05, 3.63) is 17.5 Å². The van der Waals surface area contributed by atoms with Gasteiger partial charge in [-0.3, -0.25) is 0 Å². The fourth-order valence-corrected chi connectivity index (χ4v) is 2.02. The number of hydrogen-bond acceptors (Lipinski definition) is 5. The zero-order valence-electron chi connectivity index (χ0n) is 9.27. The maximum atomic E-state index is 5.10. The van der Waals surface area contributed by atoms with Gasteiger partial charge >= 0.3 is 6.01 Å². The van der Waals surface area contributed by atoms with Gasteiger partial charge in [0.05, 0.1) is 4.88 Å². The van der Waals surface area contributed by atoms with Crippen molar-refractivity contribution in [2.45, 2.75) is 26.2 Å². The summed E-state index contributed by atoms with van der Waals surface area (Å²) in [5.41, 5.74) is 0. The van der Waals surface area contributed by atoms with Crippen molar-refractivity contribution in [3.8, 4) is 10.7 Å². The molecule has 16 heavy (non-hydrogen) atoms. The van der Waals surface area contributed by atoms with E-state index in [-0.39, 0.29) is 0 Å². The Morgan fingerprint density at radius 3 is 3.12 bits per heavy atom. The third-order valence-electron chi connectivity index (χ3n) is 2.22. The number of nitrogens with zero attached hydrogens (tertiary/aromatic N) is 2. The van der Waals surface area contributed by atoms with Crippen molar-refractivity contribution < 1.29 is 4.52 Å². The molecule has 5 heteroatoms. The van der Waals surface area contributed by atoms with Crippen molar-refractivity contribution in [3.63, 3.8) is 0 Å². The largest absolute Gasteiger partial charge is 0.338 e. The molecule has 2 aromatic heterocycles. The smallest absolute Gasteiger partial charge is 0.321 e. The summed E-state index contributed by atoms with van der Waals surface area (Å²) in [6, 6.07) is 4.47. The SMILES string of the molecule is CCCCCNc1nc(-c2cccs2)no1. The average Bonchev–Trinajstić information content (AvgIpc) is 2.94. The Hall–Kier alpha value is -1.36. The van der Waals surface area contributed by atoms with Crippen molar-refractivity contribution in [2.75, 3.05) is 11.9 Å². The van der Waals surface area contributed by atoms with Crippen LogP contribution in [0.15, 0.2) is 22.0 Å². The number of unbranched alkanes of at least 4 members (excludes halogenated alkanes) is 2. The summed E-state index contributed by atoms with van der Waals surface area (Å²) in [5, 5.41) is 9.05. The van der Waals surface area contributed by atoms with Gasteiger partial charge in [0.15, 0.2) is 0 Å². The van der Waals surface area contributed by atoms with Crippen LogP contribution in [-0.4, -0.2) is 16.7 Å². The van der Waals surface area contributed by atoms with Crippen LogP contribution in [0.5, 0.6) is 0 Å². The Balaban J connectivity index is 1.88. The van der Waals surface area contributed by atoms with Gasteiger partial charge in [-0.2, -0.15) is 4.98 Å². The molecule has 0 aliphatic heterocycles. The molecule has 0 saturated carbocycles. The number of nitrogens with one attached hydrogen (secondary N) is 1. The van der Waals surface area contributed by atoms with Crippen LogP contribution in [0.3, 0.4) is 0 Å². The maximum Gasteiger partial charge on any atom is 0.321 e. The topological polar surface area (TPSA) is 51.0 Å². The standard InChI is InChI=1S/C11H15N3OS/c1-2-3-4-7-12-11-13-10(14-15-11)9-6-5-8-16-9/h5-6,8H,2-4,7H2,1H3,(H,12,13,14). The molecular weight excluding hydrogens is 222 g/mol. The minimum Gasteiger partial charge on any atom is -0.338 e. The first-order chi connectivity index (χ1) is 7.90. The van der Waals surface area contributed by atoms with E-state index < -0.39 is 0 Å². The van der Waals surface area contributed by atoms with Crippen LogP contribution in [0.4, 0.5) is 6.01 Å². The third-order valence-corrected chi connectivity index (χ3v) is 3.09. The highest BCUT2D eigenvalue weighted by Crippen LogP contribution is 2.22. The average molecular weight is 237 g/mol. The summed E-state index contributed by atoms with van der Waals surface area (Å²) in [5.74, 6) is 0.660. The molecule has 0 unspecified atom stereocenters. The monoisotopic (exact) mass is 237 g/mol. The first-order valence-corrected chi connectivity index (χ1v) is 6.39. The molecule has 0 radical (unpaired) electrons. The zero-order valence-corrected chi connectivity index (χ0v) is 10.1. The molecule has 2 rings (SSSR count). The molecule has 86 valence electrons. The second-order valence-corrected chi connectivity index (χ2v) is 4.48. The van der Waals surface area contributed by atoms with Crippen molar-refractivity contribution in [1.82, 2.24) is 10.1 Å². The van der Waals surface area contributed by atoms with Crippen LogP contribution in [0.1, 0.15) is 26.2 Å². The highest BCUT2D eigenvalue weighted by molar-refractivity contribution is 7.13. The lowest BCUT2D eigenvalue weighted by Gasteiger charge is -1.97. The fraction of sp³-hybridized carbons (Fsp3) is 0.455. The predicted octanol–water partition coefficient (Wildman–Crippen LogP) is 3.40. The molecule has 0 aromatic carbocycles. The zero-order chi connectivity index (χ0) is 11.2. The molecule has 0 atom stereocenters. The normalized spacial score (nSPS) is 10.6. The Bertz CT molecular complexity index is 411. The first kappa shape index (κ1) is 11.1. The summed E-state index contributed by atoms with van der Waals surface area (Å²) in [6.07, 6.45) is 3.57. The molecule has 0 aliphatic rings. The molecule has 0 saturated heterocycles. The van der Waals surface area contributed by atoms with E-state index in [9.17, 15) is 0 Å². The van der Waals surface area contributed by atoms with Gasteiger partial charge in [-0.1, -0.05) is 31.0 Å². The number of aromatic nitrogens is 2. The second-order valence-electron chi connectivity index (χ2n) is 3.53. The quantitative estimate of drug-likeness (QED) is 0.782. The number of hydrogen-bond donors (Lipinski definition) is 1. The van der Waals surface area contributed by atoms with Crippen molar-refractivity contribution in [2.24, 2.45) is 0 Å². The molecule has 0 amide bonds. The van der Waals surface area contributed by atoms with E-state index in [0.29, 0.717) is 11.8 Å². The molecule has 4 nitrogen and oxygen atoms in total.